The van der Waals surface area contributed by atoms with Crippen LogP contribution in [-0.2, 0) is 4.79 Å². The van der Waals surface area contributed by atoms with Crippen LogP contribution in [0.5, 0.6) is 0 Å². The first-order valence-electron chi connectivity index (χ1n) is 6.06. The van der Waals surface area contributed by atoms with Gasteiger partial charge in [-0.1, -0.05) is 26.7 Å². The maximum absolute atomic E-state index is 10.9. The minimum absolute atomic E-state index is 0.194. The van der Waals surface area contributed by atoms with Gasteiger partial charge in [-0.15, -0.1) is 0 Å². The first-order chi connectivity index (χ1) is 7.00. The van der Waals surface area contributed by atoms with Gasteiger partial charge in [0.15, 0.2) is 0 Å². The lowest BCUT2D eigenvalue weighted by Crippen LogP contribution is -2.46. The fourth-order valence-corrected chi connectivity index (χ4v) is 2.42. The fourth-order valence-electron chi connectivity index (χ4n) is 2.42. The van der Waals surface area contributed by atoms with Crippen molar-refractivity contribution in [2.75, 3.05) is 0 Å². The minimum atomic E-state index is -0.248. The number of nitrogens with two attached hydrogens (primary N) is 1. The van der Waals surface area contributed by atoms with Crippen molar-refractivity contribution in [1.82, 2.24) is 5.32 Å². The normalized spacial score (nSPS) is 29.1. The van der Waals surface area contributed by atoms with E-state index in [9.17, 15) is 4.79 Å². The first kappa shape index (κ1) is 12.5. The molecule has 0 saturated heterocycles. The van der Waals surface area contributed by atoms with Crippen LogP contribution in [-0.4, -0.2) is 18.0 Å². The molecule has 88 valence electrons. The summed E-state index contributed by atoms with van der Waals surface area (Å²) in [6.07, 6.45) is 4.98. The number of rotatable bonds is 4. The lowest BCUT2D eigenvalue weighted by atomic mass is 9.79. The Hall–Kier alpha value is -0.570. The summed E-state index contributed by atoms with van der Waals surface area (Å²) >= 11 is 0. The molecule has 1 aliphatic carbocycles. The van der Waals surface area contributed by atoms with Gasteiger partial charge in [0.25, 0.3) is 0 Å². The minimum Gasteiger partial charge on any atom is -0.368 e. The van der Waals surface area contributed by atoms with Gasteiger partial charge in [-0.2, -0.15) is 0 Å². The lowest BCUT2D eigenvalue weighted by Gasteiger charge is -2.33. The summed E-state index contributed by atoms with van der Waals surface area (Å²) in [4.78, 5) is 10.9. The Labute approximate surface area is 92.8 Å². The summed E-state index contributed by atoms with van der Waals surface area (Å²) in [6.45, 7) is 6.41. The fraction of sp³-hybridized carbons (Fsp3) is 0.917. The van der Waals surface area contributed by atoms with Crippen molar-refractivity contribution in [2.24, 2.45) is 17.6 Å². The molecule has 0 aliphatic heterocycles. The zero-order valence-corrected chi connectivity index (χ0v) is 10.1. The average molecular weight is 212 g/mol. The second-order valence-corrected chi connectivity index (χ2v) is 5.16. The smallest absolute Gasteiger partial charge is 0.234 e. The maximum Gasteiger partial charge on any atom is 0.234 e. The van der Waals surface area contributed by atoms with Crippen LogP contribution < -0.4 is 11.1 Å². The molecule has 3 unspecified atom stereocenters. The Kier molecular flexibility index (Phi) is 4.58. The zero-order valence-electron chi connectivity index (χ0n) is 10.1. The molecule has 15 heavy (non-hydrogen) atoms. The van der Waals surface area contributed by atoms with E-state index < -0.39 is 0 Å². The molecule has 0 aromatic carbocycles. The highest BCUT2D eigenvalue weighted by Crippen LogP contribution is 2.29. The van der Waals surface area contributed by atoms with Crippen LogP contribution in [0.3, 0.4) is 0 Å². The molecular formula is C12H24N2O. The largest absolute Gasteiger partial charge is 0.368 e. The molecule has 1 aliphatic rings. The standard InChI is InChI=1S/C12H24N2O/c1-8(2)10-5-4-6-11(7-10)14-9(3)12(13)15/h8-11,14H,4-7H2,1-3H3,(H2,13,15). The van der Waals surface area contributed by atoms with Crippen LogP contribution in [0.4, 0.5) is 0 Å². The zero-order chi connectivity index (χ0) is 11.4. The van der Waals surface area contributed by atoms with E-state index in [0.717, 1.165) is 11.8 Å². The van der Waals surface area contributed by atoms with E-state index in [-0.39, 0.29) is 11.9 Å². The summed E-state index contributed by atoms with van der Waals surface area (Å²) in [5.74, 6) is 1.30. The summed E-state index contributed by atoms with van der Waals surface area (Å²) in [7, 11) is 0. The van der Waals surface area contributed by atoms with Crippen molar-refractivity contribution in [3.8, 4) is 0 Å². The Morgan fingerprint density at radius 2 is 2.00 bits per heavy atom. The Bertz CT molecular complexity index is 216. The monoisotopic (exact) mass is 212 g/mol. The molecule has 3 N–H and O–H groups in total. The molecule has 1 fully saturated rings. The highest BCUT2D eigenvalue weighted by atomic mass is 16.1. The van der Waals surface area contributed by atoms with Gasteiger partial charge >= 0.3 is 0 Å². The molecule has 3 nitrogen and oxygen atoms in total. The van der Waals surface area contributed by atoms with Crippen LogP contribution in [0.25, 0.3) is 0 Å². The Morgan fingerprint density at radius 1 is 1.33 bits per heavy atom. The van der Waals surface area contributed by atoms with Crippen molar-refractivity contribution in [1.29, 1.82) is 0 Å². The number of primary amides is 1. The van der Waals surface area contributed by atoms with Crippen LogP contribution in [0, 0.1) is 11.8 Å². The van der Waals surface area contributed by atoms with E-state index >= 15 is 0 Å². The predicted molar refractivity (Wildman–Crippen MR) is 62.4 cm³/mol. The highest BCUT2D eigenvalue weighted by molar-refractivity contribution is 5.79. The SMILES string of the molecule is CC(NC1CCCC(C(C)C)C1)C(N)=O. The van der Waals surface area contributed by atoms with Crippen LogP contribution in [0.15, 0.2) is 0 Å². The van der Waals surface area contributed by atoms with Gasteiger partial charge in [0, 0.05) is 6.04 Å². The molecule has 1 saturated carbocycles. The van der Waals surface area contributed by atoms with Crippen LogP contribution in [0.1, 0.15) is 46.5 Å². The summed E-state index contributed by atoms with van der Waals surface area (Å²) < 4.78 is 0. The van der Waals surface area contributed by atoms with E-state index in [2.05, 4.69) is 19.2 Å². The number of carbonyl (C=O) groups is 1. The van der Waals surface area contributed by atoms with Crippen molar-refractivity contribution >= 4 is 5.91 Å². The molecule has 0 radical (unpaired) electrons. The Morgan fingerprint density at radius 3 is 2.53 bits per heavy atom. The molecule has 0 heterocycles. The maximum atomic E-state index is 10.9. The molecule has 3 heteroatoms. The topological polar surface area (TPSA) is 55.1 Å². The van der Waals surface area contributed by atoms with E-state index in [0.29, 0.717) is 6.04 Å². The summed E-state index contributed by atoms with van der Waals surface area (Å²) in [6, 6.07) is 0.287. The second kappa shape index (κ2) is 5.50. The quantitative estimate of drug-likeness (QED) is 0.744. The van der Waals surface area contributed by atoms with Crippen molar-refractivity contribution in [3.05, 3.63) is 0 Å². The van der Waals surface area contributed by atoms with E-state index in [1.54, 1.807) is 0 Å². The van der Waals surface area contributed by atoms with Gasteiger partial charge in [0.1, 0.15) is 0 Å². The first-order valence-corrected chi connectivity index (χ1v) is 6.06. The number of amides is 1. The molecule has 3 atom stereocenters. The lowest BCUT2D eigenvalue weighted by molar-refractivity contribution is -0.119. The van der Waals surface area contributed by atoms with E-state index in [4.69, 9.17) is 5.73 Å². The van der Waals surface area contributed by atoms with Gasteiger partial charge in [0.05, 0.1) is 6.04 Å². The average Bonchev–Trinajstić information content (AvgIpc) is 2.18. The molecule has 0 spiro atoms. The van der Waals surface area contributed by atoms with Crippen molar-refractivity contribution < 1.29 is 4.79 Å². The van der Waals surface area contributed by atoms with E-state index in [1.807, 2.05) is 6.92 Å². The summed E-state index contributed by atoms with van der Waals surface area (Å²) in [5.41, 5.74) is 5.25. The van der Waals surface area contributed by atoms with Crippen molar-refractivity contribution in [2.45, 2.75) is 58.5 Å². The third-order valence-electron chi connectivity index (χ3n) is 3.57. The molecule has 0 aromatic heterocycles. The number of nitrogens with one attached hydrogen (secondary N) is 1. The third kappa shape index (κ3) is 3.82. The third-order valence-corrected chi connectivity index (χ3v) is 3.57. The second-order valence-electron chi connectivity index (χ2n) is 5.16. The number of hydrogen-bond acceptors (Lipinski definition) is 2. The molecular weight excluding hydrogens is 188 g/mol. The Balaban J connectivity index is 2.39. The molecule has 1 amide bonds. The van der Waals surface area contributed by atoms with Gasteiger partial charge in [-0.05, 0) is 31.6 Å². The molecule has 1 rings (SSSR count). The summed E-state index contributed by atoms with van der Waals surface area (Å²) in [5, 5.41) is 3.33. The molecule has 0 aromatic rings. The predicted octanol–water partition coefficient (Wildman–Crippen LogP) is 1.66. The van der Waals surface area contributed by atoms with Crippen molar-refractivity contribution in [3.63, 3.8) is 0 Å². The number of carbonyl (C=O) groups excluding carboxylic acids is 1. The highest BCUT2D eigenvalue weighted by Gasteiger charge is 2.25. The van der Waals surface area contributed by atoms with Crippen LogP contribution >= 0.6 is 0 Å². The molecule has 0 bridgehead atoms. The van der Waals surface area contributed by atoms with Gasteiger partial charge in [-0.25, -0.2) is 0 Å². The van der Waals surface area contributed by atoms with Gasteiger partial charge < -0.3 is 11.1 Å². The van der Waals surface area contributed by atoms with E-state index in [1.165, 1.54) is 25.7 Å². The van der Waals surface area contributed by atoms with Gasteiger partial charge in [0.2, 0.25) is 5.91 Å². The van der Waals surface area contributed by atoms with Crippen LogP contribution in [0.2, 0.25) is 0 Å². The number of hydrogen-bond donors (Lipinski definition) is 2. The van der Waals surface area contributed by atoms with Gasteiger partial charge in [-0.3, -0.25) is 4.79 Å².